The average Bonchev–Trinajstić information content (AvgIpc) is 2.69. The largest absolute Gasteiger partial charge is 0.407 e. The molecule has 3 rings (SSSR count). The van der Waals surface area contributed by atoms with Gasteiger partial charge >= 0.3 is 6.18 Å². The average molecular weight is 425 g/mol. The van der Waals surface area contributed by atoms with E-state index in [1.165, 1.54) is 30.5 Å². The Bertz CT molecular complexity index is 955. The molecule has 0 aliphatic heterocycles. The van der Waals surface area contributed by atoms with Crippen molar-refractivity contribution >= 4 is 17.2 Å². The van der Waals surface area contributed by atoms with Gasteiger partial charge in [-0.3, -0.25) is 4.79 Å². The summed E-state index contributed by atoms with van der Waals surface area (Å²) in [6.45, 7) is 0. The van der Waals surface area contributed by atoms with Crippen LogP contribution in [0.4, 0.5) is 28.9 Å². The number of alkyl halides is 4. The van der Waals surface area contributed by atoms with E-state index in [-0.39, 0.29) is 22.6 Å². The first kappa shape index (κ1) is 21.8. The van der Waals surface area contributed by atoms with Crippen LogP contribution in [0.5, 0.6) is 0 Å². The SMILES string of the molecule is NC(=Nc1ccc(C(N)C(F)(F)F)cc1)c1c(N[C@H]2CCCC[C@H]2F)cc[nH]c1=O. The Hall–Kier alpha value is -2.88. The number of hydrogen-bond acceptors (Lipinski definition) is 4. The standard InChI is InChI=1S/C20H23F4N5O/c21-13-3-1-2-4-14(13)29-15-9-10-27-19(30)16(15)18(26)28-12-7-5-11(6-8-12)17(25)20(22,23)24/h5-10,13-14,17H,1-4,25H2,(H2,26,28)(H2,27,29,30)/t13-,14+,17?/m1/s1. The number of nitrogens with one attached hydrogen (secondary N) is 2. The monoisotopic (exact) mass is 425 g/mol. The summed E-state index contributed by atoms with van der Waals surface area (Å²) in [5.74, 6) is -0.140. The molecule has 1 saturated carbocycles. The summed E-state index contributed by atoms with van der Waals surface area (Å²) in [7, 11) is 0. The molecule has 1 aromatic carbocycles. The molecule has 10 heteroatoms. The van der Waals surface area contributed by atoms with Gasteiger partial charge in [0, 0.05) is 6.20 Å². The van der Waals surface area contributed by atoms with Crippen LogP contribution in [-0.2, 0) is 0 Å². The first-order valence-corrected chi connectivity index (χ1v) is 9.56. The van der Waals surface area contributed by atoms with Crippen molar-refractivity contribution in [3.8, 4) is 0 Å². The maximum atomic E-state index is 14.2. The van der Waals surface area contributed by atoms with Crippen molar-refractivity contribution in [2.75, 3.05) is 5.32 Å². The Morgan fingerprint density at radius 1 is 1.17 bits per heavy atom. The molecule has 1 unspecified atom stereocenters. The lowest BCUT2D eigenvalue weighted by atomic mass is 9.93. The summed E-state index contributed by atoms with van der Waals surface area (Å²) < 4.78 is 52.4. The van der Waals surface area contributed by atoms with E-state index in [4.69, 9.17) is 11.5 Å². The number of halogens is 4. The third-order valence-corrected chi connectivity index (χ3v) is 5.09. The van der Waals surface area contributed by atoms with Crippen LogP contribution in [0.3, 0.4) is 0 Å². The van der Waals surface area contributed by atoms with Gasteiger partial charge in [0.1, 0.15) is 23.6 Å². The van der Waals surface area contributed by atoms with Crippen molar-refractivity contribution in [3.05, 3.63) is 58.0 Å². The van der Waals surface area contributed by atoms with Gasteiger partial charge in [-0.25, -0.2) is 9.38 Å². The molecular weight excluding hydrogens is 402 g/mol. The molecule has 1 fully saturated rings. The molecule has 1 heterocycles. The highest BCUT2D eigenvalue weighted by Gasteiger charge is 2.37. The summed E-state index contributed by atoms with van der Waals surface area (Å²) in [4.78, 5) is 19.0. The number of nitrogens with zero attached hydrogens (tertiary/aromatic N) is 1. The van der Waals surface area contributed by atoms with E-state index in [1.54, 1.807) is 6.07 Å². The first-order valence-electron chi connectivity index (χ1n) is 9.56. The summed E-state index contributed by atoms with van der Waals surface area (Å²) in [6, 6.07) is 4.10. The molecule has 0 saturated heterocycles. The van der Waals surface area contributed by atoms with Crippen molar-refractivity contribution in [2.45, 2.75) is 50.1 Å². The van der Waals surface area contributed by atoms with E-state index in [9.17, 15) is 22.4 Å². The number of rotatable bonds is 5. The second-order valence-corrected chi connectivity index (χ2v) is 7.25. The summed E-state index contributed by atoms with van der Waals surface area (Å²) in [5.41, 5.74) is 11.2. The zero-order valence-electron chi connectivity index (χ0n) is 16.0. The van der Waals surface area contributed by atoms with Crippen molar-refractivity contribution in [1.82, 2.24) is 4.98 Å². The number of benzene rings is 1. The predicted molar refractivity (Wildman–Crippen MR) is 108 cm³/mol. The Balaban J connectivity index is 1.86. The lowest BCUT2D eigenvalue weighted by molar-refractivity contribution is -0.149. The predicted octanol–water partition coefficient (Wildman–Crippen LogP) is 3.67. The molecule has 6 N–H and O–H groups in total. The minimum Gasteiger partial charge on any atom is -0.383 e. The smallest absolute Gasteiger partial charge is 0.383 e. The quantitative estimate of drug-likeness (QED) is 0.333. The Kier molecular flexibility index (Phi) is 6.45. The van der Waals surface area contributed by atoms with E-state index >= 15 is 0 Å². The van der Waals surface area contributed by atoms with Crippen molar-refractivity contribution in [2.24, 2.45) is 16.5 Å². The number of hydrogen-bond donors (Lipinski definition) is 4. The first-order chi connectivity index (χ1) is 14.2. The van der Waals surface area contributed by atoms with Crippen LogP contribution in [-0.4, -0.2) is 29.2 Å². The van der Waals surface area contributed by atoms with Crippen LogP contribution in [0, 0.1) is 0 Å². The summed E-state index contributed by atoms with van der Waals surface area (Å²) in [6.07, 6.45) is -1.39. The number of aromatic nitrogens is 1. The molecule has 0 spiro atoms. The number of aliphatic imine (C=N–C) groups is 1. The van der Waals surface area contributed by atoms with E-state index in [1.807, 2.05) is 0 Å². The molecule has 0 radical (unpaired) electrons. The van der Waals surface area contributed by atoms with Crippen LogP contribution >= 0.6 is 0 Å². The van der Waals surface area contributed by atoms with Crippen molar-refractivity contribution in [3.63, 3.8) is 0 Å². The minimum absolute atomic E-state index is 0.0475. The molecule has 1 aliphatic carbocycles. The van der Waals surface area contributed by atoms with Gasteiger partial charge in [0.15, 0.2) is 0 Å². The molecule has 1 aromatic heterocycles. The Labute approximate surface area is 170 Å². The second-order valence-electron chi connectivity index (χ2n) is 7.25. The van der Waals surface area contributed by atoms with Crippen LogP contribution in [0.15, 0.2) is 46.3 Å². The fourth-order valence-electron chi connectivity index (χ4n) is 3.44. The van der Waals surface area contributed by atoms with Crippen LogP contribution in [0.2, 0.25) is 0 Å². The zero-order valence-corrected chi connectivity index (χ0v) is 16.0. The van der Waals surface area contributed by atoms with Crippen molar-refractivity contribution in [1.29, 1.82) is 0 Å². The fourth-order valence-corrected chi connectivity index (χ4v) is 3.44. The van der Waals surface area contributed by atoms with E-state index in [0.717, 1.165) is 12.8 Å². The van der Waals surface area contributed by atoms with Gasteiger partial charge in [-0.15, -0.1) is 0 Å². The van der Waals surface area contributed by atoms with E-state index in [0.29, 0.717) is 18.5 Å². The van der Waals surface area contributed by atoms with Gasteiger partial charge in [-0.2, -0.15) is 13.2 Å². The molecule has 30 heavy (non-hydrogen) atoms. The molecule has 1 aliphatic rings. The highest BCUT2D eigenvalue weighted by atomic mass is 19.4. The molecule has 162 valence electrons. The normalized spacial score (nSPS) is 21.3. The maximum Gasteiger partial charge on any atom is 0.407 e. The highest BCUT2D eigenvalue weighted by molar-refractivity contribution is 6.03. The van der Waals surface area contributed by atoms with Gasteiger partial charge in [0.05, 0.1) is 17.4 Å². The number of H-pyrrole nitrogens is 1. The van der Waals surface area contributed by atoms with Gasteiger partial charge in [0.25, 0.3) is 5.56 Å². The van der Waals surface area contributed by atoms with Gasteiger partial charge in [-0.1, -0.05) is 25.0 Å². The number of anilines is 1. The van der Waals surface area contributed by atoms with Gasteiger partial charge in [0.2, 0.25) is 0 Å². The van der Waals surface area contributed by atoms with E-state index < -0.39 is 30.0 Å². The topological polar surface area (TPSA) is 109 Å². The Morgan fingerprint density at radius 2 is 1.83 bits per heavy atom. The second kappa shape index (κ2) is 8.86. The number of pyridine rings is 1. The summed E-state index contributed by atoms with van der Waals surface area (Å²) in [5, 5.41) is 3.05. The molecule has 0 amide bonds. The third-order valence-electron chi connectivity index (χ3n) is 5.09. The van der Waals surface area contributed by atoms with Crippen LogP contribution in [0.1, 0.15) is 42.9 Å². The maximum absolute atomic E-state index is 14.2. The lowest BCUT2D eigenvalue weighted by Crippen LogP contribution is -2.35. The van der Waals surface area contributed by atoms with Gasteiger partial charge < -0.3 is 21.8 Å². The zero-order chi connectivity index (χ0) is 21.9. The molecular formula is C20H23F4N5O. The molecule has 0 bridgehead atoms. The molecule has 6 nitrogen and oxygen atoms in total. The van der Waals surface area contributed by atoms with Crippen molar-refractivity contribution < 1.29 is 17.6 Å². The Morgan fingerprint density at radius 3 is 2.47 bits per heavy atom. The molecule has 3 atom stereocenters. The number of amidine groups is 1. The summed E-state index contributed by atoms with van der Waals surface area (Å²) >= 11 is 0. The van der Waals surface area contributed by atoms with E-state index in [2.05, 4.69) is 15.3 Å². The highest BCUT2D eigenvalue weighted by Crippen LogP contribution is 2.31. The number of aromatic amines is 1. The molecule has 2 aromatic rings. The lowest BCUT2D eigenvalue weighted by Gasteiger charge is -2.28. The van der Waals surface area contributed by atoms with Crippen LogP contribution < -0.4 is 22.3 Å². The minimum atomic E-state index is -4.56. The van der Waals surface area contributed by atoms with Gasteiger partial charge in [-0.05, 0) is 36.6 Å². The third kappa shape index (κ3) is 4.99. The number of nitrogens with two attached hydrogens (primary N) is 2. The fraction of sp³-hybridized carbons (Fsp3) is 0.400. The van der Waals surface area contributed by atoms with Crippen LogP contribution in [0.25, 0.3) is 0 Å².